The van der Waals surface area contributed by atoms with E-state index in [4.69, 9.17) is 5.26 Å². The largest absolute Gasteiger partial charge is 0.385 e. The Labute approximate surface area is 123 Å². The van der Waals surface area contributed by atoms with Gasteiger partial charge in [-0.3, -0.25) is 0 Å². The van der Waals surface area contributed by atoms with E-state index in [-0.39, 0.29) is 24.8 Å². The number of halogens is 1. The molecule has 0 radical (unpaired) electrons. The number of fused-ring (bicyclic) bond motifs is 2. The van der Waals surface area contributed by atoms with E-state index in [1.54, 1.807) is 0 Å². The molecule has 0 amide bonds. The highest BCUT2D eigenvalue weighted by Gasteiger charge is 2.53. The molecule has 112 valence electrons. The summed E-state index contributed by atoms with van der Waals surface area (Å²) in [6, 6.07) is 6.24. The first kappa shape index (κ1) is 14.5. The van der Waals surface area contributed by atoms with Gasteiger partial charge in [0.25, 0.3) is 0 Å². The SMILES string of the molecule is N#CCc1ccc(F)c(C2(O)CC3CCC(C2)S3(=O)=O)c1. The summed E-state index contributed by atoms with van der Waals surface area (Å²) in [6.07, 6.45) is 1.29. The highest BCUT2D eigenvalue weighted by atomic mass is 32.2. The van der Waals surface area contributed by atoms with E-state index in [1.807, 2.05) is 6.07 Å². The number of hydrogen-bond donors (Lipinski definition) is 1. The Kier molecular flexibility index (Phi) is 3.30. The van der Waals surface area contributed by atoms with Crippen LogP contribution < -0.4 is 0 Å². The molecule has 2 bridgehead atoms. The fourth-order valence-corrected chi connectivity index (χ4v) is 6.09. The van der Waals surface area contributed by atoms with Gasteiger partial charge >= 0.3 is 0 Å². The molecule has 1 N–H and O–H groups in total. The number of benzene rings is 1. The van der Waals surface area contributed by atoms with E-state index in [1.165, 1.54) is 18.2 Å². The van der Waals surface area contributed by atoms with Crippen molar-refractivity contribution in [2.75, 3.05) is 0 Å². The van der Waals surface area contributed by atoms with Crippen LogP contribution in [0.3, 0.4) is 0 Å². The van der Waals surface area contributed by atoms with Crippen LogP contribution in [-0.4, -0.2) is 24.0 Å². The third-order valence-electron chi connectivity index (χ3n) is 4.69. The summed E-state index contributed by atoms with van der Waals surface area (Å²) >= 11 is 0. The summed E-state index contributed by atoms with van der Waals surface area (Å²) < 4.78 is 38.3. The van der Waals surface area contributed by atoms with Crippen molar-refractivity contribution in [3.63, 3.8) is 0 Å². The summed E-state index contributed by atoms with van der Waals surface area (Å²) in [5.74, 6) is -0.544. The molecule has 0 spiro atoms. The predicted molar refractivity (Wildman–Crippen MR) is 74.6 cm³/mol. The smallest absolute Gasteiger partial charge is 0.156 e. The van der Waals surface area contributed by atoms with Gasteiger partial charge in [-0.25, -0.2) is 12.8 Å². The Morgan fingerprint density at radius 2 is 1.95 bits per heavy atom. The minimum atomic E-state index is -3.18. The molecule has 0 aliphatic carbocycles. The quantitative estimate of drug-likeness (QED) is 0.904. The maximum atomic E-state index is 14.1. The molecule has 1 aromatic carbocycles. The molecule has 4 nitrogen and oxygen atoms in total. The summed E-state index contributed by atoms with van der Waals surface area (Å²) in [7, 11) is -3.18. The van der Waals surface area contributed by atoms with Crippen molar-refractivity contribution in [2.24, 2.45) is 0 Å². The van der Waals surface area contributed by atoms with E-state index in [0.29, 0.717) is 18.4 Å². The van der Waals surface area contributed by atoms with Gasteiger partial charge in [0, 0.05) is 5.56 Å². The maximum Gasteiger partial charge on any atom is 0.156 e. The molecule has 0 saturated carbocycles. The van der Waals surface area contributed by atoms with Gasteiger partial charge in [-0.05, 0) is 43.4 Å². The highest BCUT2D eigenvalue weighted by molar-refractivity contribution is 7.93. The zero-order valence-electron chi connectivity index (χ0n) is 11.4. The molecular formula is C15H16FNO3S. The maximum absolute atomic E-state index is 14.1. The van der Waals surface area contributed by atoms with E-state index in [0.717, 1.165) is 0 Å². The molecule has 2 atom stereocenters. The lowest BCUT2D eigenvalue weighted by Crippen LogP contribution is -2.43. The second-order valence-corrected chi connectivity index (χ2v) is 8.51. The van der Waals surface area contributed by atoms with Crippen molar-refractivity contribution in [1.29, 1.82) is 5.26 Å². The molecule has 2 heterocycles. The van der Waals surface area contributed by atoms with Crippen LogP contribution in [0.15, 0.2) is 18.2 Å². The minimum Gasteiger partial charge on any atom is -0.385 e. The average Bonchev–Trinajstić information content (AvgIpc) is 2.62. The first-order valence-corrected chi connectivity index (χ1v) is 8.59. The number of sulfone groups is 1. The minimum absolute atomic E-state index is 0.0404. The number of hydrogen-bond acceptors (Lipinski definition) is 4. The van der Waals surface area contributed by atoms with Crippen LogP contribution in [0.5, 0.6) is 0 Å². The summed E-state index contributed by atoms with van der Waals surface area (Å²) in [5, 5.41) is 18.4. The van der Waals surface area contributed by atoms with Crippen molar-refractivity contribution in [1.82, 2.24) is 0 Å². The molecular weight excluding hydrogens is 293 g/mol. The normalized spacial score (nSPS) is 33.6. The Balaban J connectivity index is 2.01. The lowest BCUT2D eigenvalue weighted by Gasteiger charge is -2.36. The number of nitrogens with zero attached hydrogens (tertiary/aromatic N) is 1. The fourth-order valence-electron chi connectivity index (χ4n) is 3.60. The monoisotopic (exact) mass is 309 g/mol. The number of aliphatic hydroxyl groups is 1. The fraction of sp³-hybridized carbons (Fsp3) is 0.533. The Morgan fingerprint density at radius 3 is 2.52 bits per heavy atom. The predicted octanol–water partition coefficient (Wildman–Crippen LogP) is 1.82. The van der Waals surface area contributed by atoms with Crippen molar-refractivity contribution < 1.29 is 17.9 Å². The Morgan fingerprint density at radius 1 is 1.33 bits per heavy atom. The van der Waals surface area contributed by atoms with Crippen molar-refractivity contribution in [2.45, 2.75) is 48.2 Å². The topological polar surface area (TPSA) is 78.2 Å². The molecule has 2 saturated heterocycles. The summed E-state index contributed by atoms with van der Waals surface area (Å²) in [4.78, 5) is 0. The molecule has 21 heavy (non-hydrogen) atoms. The zero-order chi connectivity index (χ0) is 15.3. The molecule has 2 fully saturated rings. The van der Waals surface area contributed by atoms with Gasteiger partial charge in [-0.2, -0.15) is 5.26 Å². The number of nitriles is 1. The van der Waals surface area contributed by atoms with Crippen LogP contribution in [0.1, 0.15) is 36.8 Å². The van der Waals surface area contributed by atoms with E-state index < -0.39 is 31.8 Å². The summed E-state index contributed by atoms with van der Waals surface area (Å²) in [6.45, 7) is 0. The van der Waals surface area contributed by atoms with Crippen molar-refractivity contribution >= 4 is 9.84 Å². The van der Waals surface area contributed by atoms with Crippen LogP contribution in [-0.2, 0) is 21.9 Å². The van der Waals surface area contributed by atoms with Crippen molar-refractivity contribution in [3.05, 3.63) is 35.1 Å². The Hall–Kier alpha value is -1.45. The van der Waals surface area contributed by atoms with Crippen LogP contribution >= 0.6 is 0 Å². The second-order valence-electron chi connectivity index (χ2n) is 6.00. The van der Waals surface area contributed by atoms with Crippen molar-refractivity contribution in [3.8, 4) is 6.07 Å². The second kappa shape index (κ2) is 4.79. The molecule has 2 aliphatic rings. The van der Waals surface area contributed by atoms with Gasteiger partial charge in [0.2, 0.25) is 0 Å². The average molecular weight is 309 g/mol. The highest BCUT2D eigenvalue weighted by Crippen LogP contribution is 2.48. The third-order valence-corrected chi connectivity index (χ3v) is 7.35. The van der Waals surface area contributed by atoms with Gasteiger partial charge in [0.1, 0.15) is 5.82 Å². The van der Waals surface area contributed by atoms with Gasteiger partial charge in [0.15, 0.2) is 9.84 Å². The molecule has 3 rings (SSSR count). The molecule has 1 aromatic rings. The van der Waals surface area contributed by atoms with Gasteiger partial charge in [0.05, 0.1) is 28.6 Å². The molecule has 6 heteroatoms. The van der Waals surface area contributed by atoms with Crippen LogP contribution in [0.4, 0.5) is 4.39 Å². The first-order chi connectivity index (χ1) is 9.87. The van der Waals surface area contributed by atoms with Crippen LogP contribution in [0, 0.1) is 17.1 Å². The van der Waals surface area contributed by atoms with Gasteiger partial charge in [-0.15, -0.1) is 0 Å². The molecule has 2 unspecified atom stereocenters. The lowest BCUT2D eigenvalue weighted by molar-refractivity contribution is 0.0139. The Bertz CT molecular complexity index is 703. The zero-order valence-corrected chi connectivity index (χ0v) is 12.2. The number of rotatable bonds is 2. The first-order valence-electron chi connectivity index (χ1n) is 6.98. The molecule has 2 aliphatic heterocycles. The third kappa shape index (κ3) is 2.25. The van der Waals surface area contributed by atoms with Gasteiger partial charge in [-0.1, -0.05) is 6.07 Å². The van der Waals surface area contributed by atoms with E-state index in [9.17, 15) is 17.9 Å². The summed E-state index contributed by atoms with van der Waals surface area (Å²) in [5.41, 5.74) is -0.697. The van der Waals surface area contributed by atoms with E-state index in [2.05, 4.69) is 0 Å². The van der Waals surface area contributed by atoms with E-state index >= 15 is 0 Å². The lowest BCUT2D eigenvalue weighted by atomic mass is 9.84. The standard InChI is InChI=1S/C15H16FNO3S/c16-14-4-1-10(5-6-17)7-13(14)15(18)8-11-2-3-12(9-15)21(11,19)20/h1,4,7,11-12,18H,2-3,5,8-9H2. The van der Waals surface area contributed by atoms with Crippen LogP contribution in [0.2, 0.25) is 0 Å². The van der Waals surface area contributed by atoms with Crippen LogP contribution in [0.25, 0.3) is 0 Å². The molecule has 0 aromatic heterocycles. The van der Waals surface area contributed by atoms with Gasteiger partial charge < -0.3 is 5.11 Å².